The lowest BCUT2D eigenvalue weighted by molar-refractivity contribution is 0.890. The summed E-state index contributed by atoms with van der Waals surface area (Å²) in [6.45, 7) is 0. The lowest BCUT2D eigenvalue weighted by Gasteiger charge is -2.16. The summed E-state index contributed by atoms with van der Waals surface area (Å²) >= 11 is 1.93. The van der Waals surface area contributed by atoms with Gasteiger partial charge in [0.1, 0.15) is 6.07 Å². The number of thioether (sulfide) groups is 1. The van der Waals surface area contributed by atoms with E-state index in [1.54, 1.807) is 12.4 Å². The molecule has 1 aromatic carbocycles. The Kier molecular flexibility index (Phi) is 3.04. The number of aryl methyl sites for hydroxylation is 1. The van der Waals surface area contributed by atoms with E-state index in [0.717, 1.165) is 17.5 Å². The second-order valence-electron chi connectivity index (χ2n) is 4.31. The number of nitriles is 1. The fourth-order valence-electron chi connectivity index (χ4n) is 2.26. The second-order valence-corrected chi connectivity index (χ2v) is 5.44. The Labute approximate surface area is 111 Å². The van der Waals surface area contributed by atoms with E-state index in [9.17, 15) is 0 Å². The number of rotatable bonds is 1. The number of benzene rings is 1. The summed E-state index contributed by atoms with van der Waals surface area (Å²) in [5.41, 5.74) is 4.14. The van der Waals surface area contributed by atoms with Gasteiger partial charge >= 0.3 is 0 Å². The topological polar surface area (TPSA) is 36.7 Å². The summed E-state index contributed by atoms with van der Waals surface area (Å²) in [7, 11) is 0. The maximum absolute atomic E-state index is 9.12. The minimum absolute atomic E-state index is 0.640. The molecule has 2 nitrogen and oxygen atoms in total. The van der Waals surface area contributed by atoms with E-state index >= 15 is 0 Å². The highest BCUT2D eigenvalue weighted by Gasteiger charge is 2.12. The van der Waals surface area contributed by atoms with Crippen LogP contribution in [0, 0.1) is 11.3 Å². The van der Waals surface area contributed by atoms with Gasteiger partial charge in [0, 0.05) is 22.9 Å². The predicted molar refractivity (Wildman–Crippen MR) is 73.4 cm³/mol. The van der Waals surface area contributed by atoms with E-state index in [1.807, 2.05) is 17.8 Å². The third kappa shape index (κ3) is 2.00. The van der Waals surface area contributed by atoms with Crippen molar-refractivity contribution in [3.8, 4) is 17.2 Å². The van der Waals surface area contributed by atoms with Gasteiger partial charge in [-0.3, -0.25) is 4.98 Å². The Morgan fingerprint density at radius 1 is 1.28 bits per heavy atom. The van der Waals surface area contributed by atoms with E-state index in [-0.39, 0.29) is 0 Å². The first-order valence-corrected chi connectivity index (χ1v) is 6.97. The standard InChI is InChI=1S/C15H12N2S/c16-9-13-10-17-6-5-14(13)11-3-4-15-12(8-11)2-1-7-18-15/h3-6,8,10H,1-2,7H2. The highest BCUT2D eigenvalue weighted by molar-refractivity contribution is 7.99. The molecule has 0 amide bonds. The summed E-state index contributed by atoms with van der Waals surface area (Å²) < 4.78 is 0. The minimum atomic E-state index is 0.640. The molecular weight excluding hydrogens is 240 g/mol. The Morgan fingerprint density at radius 3 is 3.11 bits per heavy atom. The Bertz CT molecular complexity index is 629. The van der Waals surface area contributed by atoms with Crippen LogP contribution in [-0.2, 0) is 6.42 Å². The first kappa shape index (κ1) is 11.3. The van der Waals surface area contributed by atoms with Crippen LogP contribution >= 0.6 is 11.8 Å². The molecule has 0 aliphatic carbocycles. The van der Waals surface area contributed by atoms with Gasteiger partial charge in [0.2, 0.25) is 0 Å². The van der Waals surface area contributed by atoms with Gasteiger partial charge in [-0.2, -0.15) is 5.26 Å². The molecular formula is C15H12N2S. The van der Waals surface area contributed by atoms with Gasteiger partial charge in [0.15, 0.2) is 0 Å². The molecule has 1 aliphatic rings. The number of hydrogen-bond donors (Lipinski definition) is 0. The van der Waals surface area contributed by atoms with E-state index in [2.05, 4.69) is 29.3 Å². The summed E-state index contributed by atoms with van der Waals surface area (Å²) in [5.74, 6) is 1.21. The van der Waals surface area contributed by atoms with Gasteiger partial charge in [-0.05, 0) is 47.9 Å². The van der Waals surface area contributed by atoms with Crippen LogP contribution in [0.25, 0.3) is 11.1 Å². The molecule has 0 saturated heterocycles. The molecule has 3 heteroatoms. The fraction of sp³-hybridized carbons (Fsp3) is 0.200. The predicted octanol–water partition coefficient (Wildman–Crippen LogP) is 3.66. The van der Waals surface area contributed by atoms with Crippen LogP contribution < -0.4 is 0 Å². The maximum Gasteiger partial charge on any atom is 0.101 e. The summed E-state index contributed by atoms with van der Waals surface area (Å²) in [6.07, 6.45) is 5.75. The smallest absolute Gasteiger partial charge is 0.101 e. The van der Waals surface area contributed by atoms with Crippen molar-refractivity contribution >= 4 is 11.8 Å². The Morgan fingerprint density at radius 2 is 2.22 bits per heavy atom. The number of hydrogen-bond acceptors (Lipinski definition) is 3. The third-order valence-corrected chi connectivity index (χ3v) is 4.36. The van der Waals surface area contributed by atoms with Crippen LogP contribution in [0.15, 0.2) is 41.6 Å². The molecule has 2 aromatic rings. The largest absolute Gasteiger partial charge is 0.263 e. The van der Waals surface area contributed by atoms with E-state index < -0.39 is 0 Å². The lowest BCUT2D eigenvalue weighted by Crippen LogP contribution is -1.98. The molecule has 1 aromatic heterocycles. The lowest BCUT2D eigenvalue weighted by atomic mass is 9.99. The molecule has 2 heterocycles. The number of aromatic nitrogens is 1. The molecule has 1 aliphatic heterocycles. The fourth-order valence-corrected chi connectivity index (χ4v) is 3.28. The van der Waals surface area contributed by atoms with Gasteiger partial charge in [-0.25, -0.2) is 0 Å². The van der Waals surface area contributed by atoms with E-state index in [0.29, 0.717) is 5.56 Å². The average Bonchev–Trinajstić information content (AvgIpc) is 2.46. The van der Waals surface area contributed by atoms with Gasteiger partial charge in [-0.15, -0.1) is 11.8 Å². The molecule has 0 bridgehead atoms. The van der Waals surface area contributed by atoms with Crippen LogP contribution in [0.3, 0.4) is 0 Å². The van der Waals surface area contributed by atoms with Crippen molar-refractivity contribution in [1.82, 2.24) is 4.98 Å². The van der Waals surface area contributed by atoms with Crippen molar-refractivity contribution in [3.05, 3.63) is 47.8 Å². The van der Waals surface area contributed by atoms with Crippen molar-refractivity contribution in [2.45, 2.75) is 17.7 Å². The highest BCUT2D eigenvalue weighted by Crippen LogP contribution is 2.33. The van der Waals surface area contributed by atoms with Crippen LogP contribution in [0.4, 0.5) is 0 Å². The van der Waals surface area contributed by atoms with Gasteiger partial charge in [0.05, 0.1) is 5.56 Å². The highest BCUT2D eigenvalue weighted by atomic mass is 32.2. The average molecular weight is 252 g/mol. The van der Waals surface area contributed by atoms with Crippen molar-refractivity contribution < 1.29 is 0 Å². The molecule has 0 saturated carbocycles. The Balaban J connectivity index is 2.10. The molecule has 0 spiro atoms. The molecule has 18 heavy (non-hydrogen) atoms. The van der Waals surface area contributed by atoms with Crippen LogP contribution in [0.1, 0.15) is 17.5 Å². The zero-order valence-electron chi connectivity index (χ0n) is 9.89. The molecule has 3 rings (SSSR count). The minimum Gasteiger partial charge on any atom is -0.263 e. The first-order valence-electron chi connectivity index (χ1n) is 5.99. The van der Waals surface area contributed by atoms with E-state index in [4.69, 9.17) is 5.26 Å². The van der Waals surface area contributed by atoms with Crippen molar-refractivity contribution in [2.75, 3.05) is 5.75 Å². The molecule has 88 valence electrons. The quantitative estimate of drug-likeness (QED) is 0.777. The van der Waals surface area contributed by atoms with E-state index in [1.165, 1.54) is 22.6 Å². The van der Waals surface area contributed by atoms with Crippen LogP contribution in [0.5, 0.6) is 0 Å². The zero-order valence-corrected chi connectivity index (χ0v) is 10.7. The van der Waals surface area contributed by atoms with Gasteiger partial charge < -0.3 is 0 Å². The Hall–Kier alpha value is -1.79. The SMILES string of the molecule is N#Cc1cnccc1-c1ccc2c(c1)CCCS2. The number of nitrogens with zero attached hydrogens (tertiary/aromatic N) is 2. The number of fused-ring (bicyclic) bond motifs is 1. The van der Waals surface area contributed by atoms with Gasteiger partial charge in [0.25, 0.3) is 0 Å². The zero-order chi connectivity index (χ0) is 12.4. The van der Waals surface area contributed by atoms with Crippen molar-refractivity contribution in [1.29, 1.82) is 5.26 Å². The normalized spacial score (nSPS) is 13.7. The molecule has 0 atom stereocenters. The molecule has 0 fully saturated rings. The van der Waals surface area contributed by atoms with Crippen molar-refractivity contribution in [2.24, 2.45) is 0 Å². The molecule has 0 unspecified atom stereocenters. The monoisotopic (exact) mass is 252 g/mol. The molecule has 0 N–H and O–H groups in total. The summed E-state index contributed by atoms with van der Waals surface area (Å²) in [6, 6.07) is 10.6. The summed E-state index contributed by atoms with van der Waals surface area (Å²) in [5, 5.41) is 9.12. The maximum atomic E-state index is 9.12. The van der Waals surface area contributed by atoms with Crippen LogP contribution in [0.2, 0.25) is 0 Å². The summed E-state index contributed by atoms with van der Waals surface area (Å²) in [4.78, 5) is 5.39. The first-order chi connectivity index (χ1) is 8.88. The third-order valence-electron chi connectivity index (χ3n) is 3.16. The van der Waals surface area contributed by atoms with Crippen LogP contribution in [-0.4, -0.2) is 10.7 Å². The number of pyridine rings is 1. The molecule has 0 radical (unpaired) electrons. The second kappa shape index (κ2) is 4.83. The van der Waals surface area contributed by atoms with Gasteiger partial charge in [-0.1, -0.05) is 6.07 Å². The van der Waals surface area contributed by atoms with Crippen molar-refractivity contribution in [3.63, 3.8) is 0 Å².